The minimum Gasteiger partial charge on any atom is -0.368 e. The maximum absolute atomic E-state index is 11.8. The lowest BCUT2D eigenvalue weighted by atomic mass is 10.1. The Hall–Kier alpha value is -2.73. The molecule has 1 fully saturated rings. The number of carbonyl (C=O) groups excluding carboxylic acids is 1. The van der Waals surface area contributed by atoms with Crippen molar-refractivity contribution < 1.29 is 4.79 Å². The SMILES string of the molecule is CCNC(=NCc1cccc(C(=O)NC)c1)N1CCN(c2cccc(Cl)c2)CC1. The van der Waals surface area contributed by atoms with Crippen molar-refractivity contribution >= 4 is 29.2 Å². The molecular formula is C22H28ClN5O. The van der Waals surface area contributed by atoms with E-state index in [2.05, 4.69) is 33.4 Å². The molecule has 3 rings (SSSR count). The summed E-state index contributed by atoms with van der Waals surface area (Å²) in [6.07, 6.45) is 0. The van der Waals surface area contributed by atoms with E-state index < -0.39 is 0 Å². The summed E-state index contributed by atoms with van der Waals surface area (Å²) in [4.78, 5) is 21.3. The van der Waals surface area contributed by atoms with Crippen LogP contribution in [-0.2, 0) is 6.54 Å². The summed E-state index contributed by atoms with van der Waals surface area (Å²) in [5.41, 5.74) is 2.82. The molecule has 0 aliphatic carbocycles. The fourth-order valence-electron chi connectivity index (χ4n) is 3.40. The number of anilines is 1. The highest BCUT2D eigenvalue weighted by Gasteiger charge is 2.20. The number of benzene rings is 2. The average molecular weight is 414 g/mol. The molecule has 0 unspecified atom stereocenters. The Morgan fingerprint density at radius 1 is 1.10 bits per heavy atom. The highest BCUT2D eigenvalue weighted by Crippen LogP contribution is 2.20. The molecule has 0 spiro atoms. The Morgan fingerprint density at radius 3 is 2.55 bits per heavy atom. The van der Waals surface area contributed by atoms with E-state index in [1.54, 1.807) is 7.05 Å². The molecule has 0 atom stereocenters. The first kappa shape index (κ1) is 21.0. The molecule has 2 N–H and O–H groups in total. The summed E-state index contributed by atoms with van der Waals surface area (Å²) in [7, 11) is 1.64. The Balaban J connectivity index is 1.65. The Kier molecular flexibility index (Phi) is 7.36. The highest BCUT2D eigenvalue weighted by atomic mass is 35.5. The number of carbonyl (C=O) groups is 1. The number of hydrogen-bond acceptors (Lipinski definition) is 3. The first-order valence-corrected chi connectivity index (χ1v) is 10.3. The third-order valence-electron chi connectivity index (χ3n) is 4.92. The lowest BCUT2D eigenvalue weighted by Gasteiger charge is -2.37. The summed E-state index contributed by atoms with van der Waals surface area (Å²) in [6, 6.07) is 15.6. The topological polar surface area (TPSA) is 60.0 Å². The van der Waals surface area contributed by atoms with Crippen LogP contribution in [-0.4, -0.2) is 56.5 Å². The van der Waals surface area contributed by atoms with Gasteiger partial charge in [-0.3, -0.25) is 4.79 Å². The molecular weight excluding hydrogens is 386 g/mol. The molecule has 0 saturated carbocycles. The Labute approximate surface area is 177 Å². The van der Waals surface area contributed by atoms with Gasteiger partial charge in [0, 0.05) is 56.0 Å². The fourth-order valence-corrected chi connectivity index (χ4v) is 3.58. The zero-order valence-electron chi connectivity index (χ0n) is 17.0. The van der Waals surface area contributed by atoms with Gasteiger partial charge in [0.2, 0.25) is 0 Å². The van der Waals surface area contributed by atoms with E-state index >= 15 is 0 Å². The summed E-state index contributed by atoms with van der Waals surface area (Å²) >= 11 is 6.13. The first-order chi connectivity index (χ1) is 14.1. The maximum atomic E-state index is 11.8. The van der Waals surface area contributed by atoms with Crippen LogP contribution in [0.5, 0.6) is 0 Å². The zero-order valence-corrected chi connectivity index (χ0v) is 17.7. The number of amides is 1. The summed E-state index contributed by atoms with van der Waals surface area (Å²) in [5.74, 6) is 0.823. The quantitative estimate of drug-likeness (QED) is 0.584. The van der Waals surface area contributed by atoms with Gasteiger partial charge in [-0.1, -0.05) is 29.8 Å². The predicted octanol–water partition coefficient (Wildman–Crippen LogP) is 2.99. The number of rotatable bonds is 5. The smallest absolute Gasteiger partial charge is 0.251 e. The van der Waals surface area contributed by atoms with Gasteiger partial charge in [-0.15, -0.1) is 0 Å². The van der Waals surface area contributed by atoms with Crippen molar-refractivity contribution in [3.05, 3.63) is 64.7 Å². The van der Waals surface area contributed by atoms with E-state index in [0.717, 1.165) is 55.0 Å². The highest BCUT2D eigenvalue weighted by molar-refractivity contribution is 6.30. The molecule has 154 valence electrons. The fraction of sp³-hybridized carbons (Fsp3) is 0.364. The van der Waals surface area contributed by atoms with Crippen LogP contribution in [0.25, 0.3) is 0 Å². The number of aliphatic imine (C=N–C) groups is 1. The number of piperazine rings is 1. The molecule has 2 aromatic carbocycles. The molecule has 29 heavy (non-hydrogen) atoms. The van der Waals surface area contributed by atoms with Gasteiger partial charge in [-0.05, 0) is 42.8 Å². The van der Waals surface area contributed by atoms with Crippen LogP contribution in [0, 0.1) is 0 Å². The number of nitrogens with zero attached hydrogens (tertiary/aromatic N) is 3. The molecule has 0 bridgehead atoms. The molecule has 0 radical (unpaired) electrons. The molecule has 0 aromatic heterocycles. The van der Waals surface area contributed by atoms with Crippen molar-refractivity contribution in [1.29, 1.82) is 0 Å². The van der Waals surface area contributed by atoms with Gasteiger partial charge < -0.3 is 20.4 Å². The van der Waals surface area contributed by atoms with Crippen molar-refractivity contribution in [2.24, 2.45) is 4.99 Å². The third-order valence-corrected chi connectivity index (χ3v) is 5.15. The van der Waals surface area contributed by atoms with Crippen LogP contribution in [0.3, 0.4) is 0 Å². The number of nitrogens with one attached hydrogen (secondary N) is 2. The molecule has 1 saturated heterocycles. The molecule has 2 aromatic rings. The van der Waals surface area contributed by atoms with Gasteiger partial charge in [0.15, 0.2) is 5.96 Å². The first-order valence-electron chi connectivity index (χ1n) is 9.95. The van der Waals surface area contributed by atoms with Gasteiger partial charge in [-0.2, -0.15) is 0 Å². The van der Waals surface area contributed by atoms with Crippen molar-refractivity contribution in [2.75, 3.05) is 44.7 Å². The lowest BCUT2D eigenvalue weighted by Crippen LogP contribution is -2.52. The number of hydrogen-bond donors (Lipinski definition) is 2. The number of halogens is 1. The van der Waals surface area contributed by atoms with E-state index in [0.29, 0.717) is 12.1 Å². The van der Waals surface area contributed by atoms with Crippen molar-refractivity contribution in [3.8, 4) is 0 Å². The second kappa shape index (κ2) is 10.2. The molecule has 1 aliphatic rings. The van der Waals surface area contributed by atoms with Crippen LogP contribution >= 0.6 is 11.6 Å². The Bertz CT molecular complexity index is 862. The molecule has 7 heteroatoms. The summed E-state index contributed by atoms with van der Waals surface area (Å²) in [6.45, 7) is 7.01. The van der Waals surface area contributed by atoms with Crippen LogP contribution < -0.4 is 15.5 Å². The molecule has 1 aliphatic heterocycles. The normalized spacial score (nSPS) is 14.7. The molecule has 1 heterocycles. The van der Waals surface area contributed by atoms with E-state index in [4.69, 9.17) is 16.6 Å². The van der Waals surface area contributed by atoms with Gasteiger partial charge in [-0.25, -0.2) is 4.99 Å². The van der Waals surface area contributed by atoms with Crippen LogP contribution in [0.4, 0.5) is 5.69 Å². The monoisotopic (exact) mass is 413 g/mol. The maximum Gasteiger partial charge on any atom is 0.251 e. The Morgan fingerprint density at radius 2 is 1.86 bits per heavy atom. The van der Waals surface area contributed by atoms with Gasteiger partial charge in [0.05, 0.1) is 6.54 Å². The van der Waals surface area contributed by atoms with Gasteiger partial charge in [0.25, 0.3) is 5.91 Å². The van der Waals surface area contributed by atoms with Crippen LogP contribution in [0.2, 0.25) is 5.02 Å². The summed E-state index contributed by atoms with van der Waals surface area (Å²) < 4.78 is 0. The largest absolute Gasteiger partial charge is 0.368 e. The lowest BCUT2D eigenvalue weighted by molar-refractivity contribution is 0.0963. The van der Waals surface area contributed by atoms with Crippen LogP contribution in [0.1, 0.15) is 22.8 Å². The van der Waals surface area contributed by atoms with E-state index in [1.807, 2.05) is 42.5 Å². The van der Waals surface area contributed by atoms with Crippen LogP contribution in [0.15, 0.2) is 53.5 Å². The standard InChI is InChI=1S/C22H28ClN5O/c1-3-25-22(26-16-17-6-4-7-18(14-17)21(29)24-2)28-12-10-27(11-13-28)20-9-5-8-19(23)15-20/h4-9,14-15H,3,10-13,16H2,1-2H3,(H,24,29)(H,25,26). The minimum absolute atomic E-state index is 0.0835. The van der Waals surface area contributed by atoms with Crippen molar-refractivity contribution in [1.82, 2.24) is 15.5 Å². The molecule has 6 nitrogen and oxygen atoms in total. The van der Waals surface area contributed by atoms with Gasteiger partial charge >= 0.3 is 0 Å². The van der Waals surface area contributed by atoms with E-state index in [-0.39, 0.29) is 5.91 Å². The van der Waals surface area contributed by atoms with Crippen molar-refractivity contribution in [3.63, 3.8) is 0 Å². The number of guanidine groups is 1. The minimum atomic E-state index is -0.0835. The van der Waals surface area contributed by atoms with E-state index in [9.17, 15) is 4.79 Å². The predicted molar refractivity (Wildman–Crippen MR) is 120 cm³/mol. The third kappa shape index (κ3) is 5.64. The van der Waals surface area contributed by atoms with E-state index in [1.165, 1.54) is 0 Å². The zero-order chi connectivity index (χ0) is 20.6. The van der Waals surface area contributed by atoms with Crippen molar-refractivity contribution in [2.45, 2.75) is 13.5 Å². The molecule has 1 amide bonds. The average Bonchev–Trinajstić information content (AvgIpc) is 2.76. The van der Waals surface area contributed by atoms with Gasteiger partial charge in [0.1, 0.15) is 0 Å². The second-order valence-electron chi connectivity index (χ2n) is 6.90. The second-order valence-corrected chi connectivity index (χ2v) is 7.34. The summed E-state index contributed by atoms with van der Waals surface area (Å²) in [5, 5.41) is 6.81.